The minimum Gasteiger partial charge on any atom is -0.355 e. The monoisotopic (exact) mass is 381 g/mol. The average molecular weight is 382 g/mol. The summed E-state index contributed by atoms with van der Waals surface area (Å²) in [6.07, 6.45) is 11.6. The van der Waals surface area contributed by atoms with Crippen LogP contribution in [0.3, 0.4) is 0 Å². The van der Waals surface area contributed by atoms with Crippen molar-refractivity contribution >= 4 is 11.8 Å². The summed E-state index contributed by atoms with van der Waals surface area (Å²) in [7, 11) is 0. The first-order valence-electron chi connectivity index (χ1n) is 10.3. The Balaban J connectivity index is 1.79. The predicted octanol–water partition coefficient (Wildman–Crippen LogP) is 2.43. The van der Waals surface area contributed by atoms with Crippen LogP contribution in [0.4, 0.5) is 0 Å². The summed E-state index contributed by atoms with van der Waals surface area (Å²) < 4.78 is 0. The Labute approximate surface area is 167 Å². The highest BCUT2D eigenvalue weighted by atomic mass is 16.2. The highest BCUT2D eigenvalue weighted by molar-refractivity contribution is 5.90. The lowest BCUT2D eigenvalue weighted by molar-refractivity contribution is -0.141. The van der Waals surface area contributed by atoms with Crippen LogP contribution >= 0.6 is 0 Å². The summed E-state index contributed by atoms with van der Waals surface area (Å²) in [6.45, 7) is 3.01. The maximum atomic E-state index is 13.1. The van der Waals surface area contributed by atoms with Crippen LogP contribution in [0.1, 0.15) is 31.7 Å². The molecule has 3 N–H and O–H groups in total. The fourth-order valence-corrected chi connectivity index (χ4v) is 4.29. The number of nitrogens with two attached hydrogens (primary N) is 1. The van der Waals surface area contributed by atoms with Crippen LogP contribution in [-0.4, -0.2) is 41.9 Å². The van der Waals surface area contributed by atoms with E-state index in [1.807, 2.05) is 37.3 Å². The molecule has 0 saturated carbocycles. The quantitative estimate of drug-likeness (QED) is 0.795. The molecule has 0 aromatic heterocycles. The zero-order valence-corrected chi connectivity index (χ0v) is 16.6. The van der Waals surface area contributed by atoms with Gasteiger partial charge in [-0.15, -0.1) is 0 Å². The first-order chi connectivity index (χ1) is 13.6. The fraction of sp³-hybridized carbons (Fsp3) is 0.478. The summed E-state index contributed by atoms with van der Waals surface area (Å²) >= 11 is 0. The van der Waals surface area contributed by atoms with Gasteiger partial charge in [0, 0.05) is 19.5 Å². The number of nitrogens with zero attached hydrogens (tertiary/aromatic N) is 1. The lowest BCUT2D eigenvalue weighted by atomic mass is 9.81. The van der Waals surface area contributed by atoms with E-state index in [0.29, 0.717) is 37.8 Å². The first kappa shape index (κ1) is 20.3. The van der Waals surface area contributed by atoms with Crippen LogP contribution in [0, 0.1) is 11.8 Å². The summed E-state index contributed by atoms with van der Waals surface area (Å²) in [5.74, 6) is 0.563. The van der Waals surface area contributed by atoms with Gasteiger partial charge in [-0.25, -0.2) is 0 Å². The van der Waals surface area contributed by atoms with Crippen molar-refractivity contribution in [1.82, 2.24) is 10.2 Å². The number of hydrogen-bond acceptors (Lipinski definition) is 3. The normalized spacial score (nSPS) is 26.0. The third-order valence-corrected chi connectivity index (χ3v) is 5.82. The Kier molecular flexibility index (Phi) is 7.04. The minimum absolute atomic E-state index is 0.106. The van der Waals surface area contributed by atoms with Crippen molar-refractivity contribution in [1.29, 1.82) is 0 Å². The number of benzene rings is 1. The van der Waals surface area contributed by atoms with E-state index < -0.39 is 12.1 Å². The molecule has 28 heavy (non-hydrogen) atoms. The van der Waals surface area contributed by atoms with Crippen molar-refractivity contribution in [3.63, 3.8) is 0 Å². The number of carbonyl (C=O) groups is 2. The highest BCUT2D eigenvalue weighted by Crippen LogP contribution is 2.31. The van der Waals surface area contributed by atoms with E-state index in [2.05, 4.69) is 29.6 Å². The maximum Gasteiger partial charge on any atom is 0.243 e. The zero-order valence-electron chi connectivity index (χ0n) is 16.6. The number of allylic oxidation sites excluding steroid dienone is 4. The predicted molar refractivity (Wildman–Crippen MR) is 111 cm³/mol. The van der Waals surface area contributed by atoms with Crippen molar-refractivity contribution < 1.29 is 9.59 Å². The second kappa shape index (κ2) is 9.69. The SMILES string of the molecule is CCNC(=O)C(Cc1ccccc1)N1CCC(C2C=CC=CC2)CC(N)C1=O. The molecule has 2 aliphatic rings. The van der Waals surface area contributed by atoms with Crippen molar-refractivity contribution in [2.45, 2.75) is 44.7 Å². The average Bonchev–Trinajstić information content (AvgIpc) is 2.87. The molecule has 0 radical (unpaired) electrons. The molecule has 150 valence electrons. The number of carbonyl (C=O) groups excluding carboxylic acids is 2. The van der Waals surface area contributed by atoms with Gasteiger partial charge >= 0.3 is 0 Å². The number of hydrogen-bond donors (Lipinski definition) is 2. The molecule has 4 unspecified atom stereocenters. The molecular formula is C23H31N3O2. The van der Waals surface area contributed by atoms with E-state index in [4.69, 9.17) is 5.73 Å². The van der Waals surface area contributed by atoms with Gasteiger partial charge in [0.1, 0.15) is 6.04 Å². The maximum absolute atomic E-state index is 13.1. The van der Waals surface area contributed by atoms with Crippen molar-refractivity contribution in [2.75, 3.05) is 13.1 Å². The molecule has 5 nitrogen and oxygen atoms in total. The van der Waals surface area contributed by atoms with Crippen molar-refractivity contribution in [2.24, 2.45) is 17.6 Å². The number of rotatable bonds is 6. The van der Waals surface area contributed by atoms with E-state index >= 15 is 0 Å². The van der Waals surface area contributed by atoms with Gasteiger partial charge in [-0.05, 0) is 43.6 Å². The minimum atomic E-state index is -0.556. The Morgan fingerprint density at radius 2 is 2.07 bits per heavy atom. The van der Waals surface area contributed by atoms with Gasteiger partial charge in [-0.2, -0.15) is 0 Å². The number of likely N-dealkylation sites (N-methyl/N-ethyl adjacent to an activating group) is 1. The molecule has 1 fully saturated rings. The van der Waals surface area contributed by atoms with Crippen LogP contribution in [0.25, 0.3) is 0 Å². The van der Waals surface area contributed by atoms with Gasteiger partial charge in [0.15, 0.2) is 0 Å². The number of likely N-dealkylation sites (tertiary alicyclic amines) is 1. The largest absolute Gasteiger partial charge is 0.355 e. The molecule has 3 rings (SSSR count). The molecule has 1 aromatic rings. The molecule has 1 aromatic carbocycles. The molecule has 1 heterocycles. The van der Waals surface area contributed by atoms with E-state index in [9.17, 15) is 9.59 Å². The van der Waals surface area contributed by atoms with Crippen LogP contribution in [-0.2, 0) is 16.0 Å². The molecule has 1 aliphatic heterocycles. The molecule has 0 spiro atoms. The smallest absolute Gasteiger partial charge is 0.243 e. The molecule has 5 heteroatoms. The van der Waals surface area contributed by atoms with E-state index in [1.165, 1.54) is 0 Å². The van der Waals surface area contributed by atoms with E-state index in [-0.39, 0.29) is 11.8 Å². The fourth-order valence-electron chi connectivity index (χ4n) is 4.29. The summed E-state index contributed by atoms with van der Waals surface area (Å²) in [5.41, 5.74) is 7.35. The van der Waals surface area contributed by atoms with Gasteiger partial charge in [-0.3, -0.25) is 9.59 Å². The van der Waals surface area contributed by atoms with Gasteiger partial charge < -0.3 is 16.0 Å². The van der Waals surface area contributed by atoms with Gasteiger partial charge in [0.05, 0.1) is 6.04 Å². The molecule has 2 amide bonds. The van der Waals surface area contributed by atoms with Gasteiger partial charge in [0.25, 0.3) is 0 Å². The third kappa shape index (κ3) is 4.90. The molecule has 0 bridgehead atoms. The highest BCUT2D eigenvalue weighted by Gasteiger charge is 2.37. The lowest BCUT2D eigenvalue weighted by Crippen LogP contribution is -2.54. The van der Waals surface area contributed by atoms with E-state index in [1.54, 1.807) is 4.90 Å². The first-order valence-corrected chi connectivity index (χ1v) is 10.3. The van der Waals surface area contributed by atoms with Crippen LogP contribution in [0.2, 0.25) is 0 Å². The Bertz CT molecular complexity index is 729. The van der Waals surface area contributed by atoms with Gasteiger partial charge in [-0.1, -0.05) is 54.6 Å². The summed E-state index contributed by atoms with van der Waals surface area (Å²) in [6, 6.07) is 8.78. The number of amides is 2. The molecule has 4 atom stereocenters. The Morgan fingerprint density at radius 1 is 1.29 bits per heavy atom. The van der Waals surface area contributed by atoms with Crippen molar-refractivity contribution in [3.8, 4) is 0 Å². The van der Waals surface area contributed by atoms with Crippen LogP contribution in [0.5, 0.6) is 0 Å². The standard InChI is InChI=1S/C23H31N3O2/c1-2-25-22(27)21(15-17-9-5-3-6-10-17)26-14-13-19(16-20(24)23(26)28)18-11-7-4-8-12-18/h3-11,18-21H,2,12-16,24H2,1H3,(H,25,27). The van der Waals surface area contributed by atoms with E-state index in [0.717, 1.165) is 18.4 Å². The Hall–Kier alpha value is -2.40. The van der Waals surface area contributed by atoms with Crippen LogP contribution < -0.4 is 11.1 Å². The van der Waals surface area contributed by atoms with Crippen molar-refractivity contribution in [3.05, 3.63) is 60.2 Å². The Morgan fingerprint density at radius 3 is 2.75 bits per heavy atom. The molecular weight excluding hydrogens is 350 g/mol. The molecule has 1 aliphatic carbocycles. The lowest BCUT2D eigenvalue weighted by Gasteiger charge is -2.31. The second-order valence-electron chi connectivity index (χ2n) is 7.74. The van der Waals surface area contributed by atoms with Crippen LogP contribution in [0.15, 0.2) is 54.6 Å². The summed E-state index contributed by atoms with van der Waals surface area (Å²) in [4.78, 5) is 27.7. The topological polar surface area (TPSA) is 75.4 Å². The summed E-state index contributed by atoms with van der Waals surface area (Å²) in [5, 5.41) is 2.90. The number of nitrogens with one attached hydrogen (secondary N) is 1. The van der Waals surface area contributed by atoms with Gasteiger partial charge in [0.2, 0.25) is 11.8 Å². The molecule has 1 saturated heterocycles. The second-order valence-corrected chi connectivity index (χ2v) is 7.74. The zero-order chi connectivity index (χ0) is 19.9. The third-order valence-electron chi connectivity index (χ3n) is 5.82.